The van der Waals surface area contributed by atoms with E-state index in [-0.39, 0.29) is 5.41 Å². The van der Waals surface area contributed by atoms with Gasteiger partial charge in [-0.05, 0) is 0 Å². The van der Waals surface area contributed by atoms with Crippen LogP contribution in [0.5, 0.6) is 0 Å². The van der Waals surface area contributed by atoms with Crippen LogP contribution in [0, 0.1) is 0 Å². The molecular weight excluding hydrogens is 204 g/mol. The van der Waals surface area contributed by atoms with Gasteiger partial charge >= 0.3 is 0 Å². The maximum Gasteiger partial charge on any atom is 0.0530 e. The maximum absolute atomic E-state index is 4.00. The van der Waals surface area contributed by atoms with Crippen molar-refractivity contribution >= 4 is 15.9 Å². The van der Waals surface area contributed by atoms with Crippen LogP contribution < -0.4 is 0 Å². The molecule has 0 saturated heterocycles. The van der Waals surface area contributed by atoms with Crippen molar-refractivity contribution in [3.05, 3.63) is 17.5 Å². The molecule has 0 aliphatic heterocycles. The Balaban J connectivity index is 3.02. The number of H-pyrrole nitrogens is 1. The molecular formula is C8H13BrN2. The highest BCUT2D eigenvalue weighted by Gasteiger charge is 2.18. The predicted molar refractivity (Wildman–Crippen MR) is 49.9 cm³/mol. The second-order valence-corrected chi connectivity index (χ2v) is 4.21. The summed E-state index contributed by atoms with van der Waals surface area (Å²) < 4.78 is 0. The summed E-state index contributed by atoms with van der Waals surface area (Å²) in [5.41, 5.74) is 2.63. The molecule has 0 saturated carbocycles. The van der Waals surface area contributed by atoms with Gasteiger partial charge in [-0.15, -0.1) is 0 Å². The number of hydrogen-bond donors (Lipinski definition) is 1. The highest BCUT2D eigenvalue weighted by atomic mass is 79.9. The van der Waals surface area contributed by atoms with E-state index in [1.54, 1.807) is 0 Å². The molecule has 1 aromatic rings. The molecule has 3 heteroatoms. The largest absolute Gasteiger partial charge is 0.282 e. The summed E-state index contributed by atoms with van der Waals surface area (Å²) in [6, 6.07) is 0. The van der Waals surface area contributed by atoms with Crippen LogP contribution in [0.25, 0.3) is 0 Å². The fraction of sp³-hybridized carbons (Fsp3) is 0.625. The minimum atomic E-state index is 0.166. The fourth-order valence-corrected chi connectivity index (χ4v) is 1.49. The van der Waals surface area contributed by atoms with E-state index in [1.807, 2.05) is 6.20 Å². The van der Waals surface area contributed by atoms with E-state index in [0.717, 1.165) is 5.33 Å². The first-order chi connectivity index (χ1) is 5.05. The molecule has 11 heavy (non-hydrogen) atoms. The van der Waals surface area contributed by atoms with E-state index < -0.39 is 0 Å². The van der Waals surface area contributed by atoms with Crippen LogP contribution in [0.1, 0.15) is 32.0 Å². The molecule has 1 rings (SSSR count). The Morgan fingerprint density at radius 3 is 2.55 bits per heavy atom. The summed E-state index contributed by atoms with van der Waals surface area (Å²) in [5.74, 6) is 0. The van der Waals surface area contributed by atoms with Gasteiger partial charge in [-0.1, -0.05) is 36.7 Å². The maximum atomic E-state index is 4.00. The SMILES string of the molecule is CC(C)(C)c1[nH]ncc1CBr. The molecule has 0 spiro atoms. The normalized spacial score (nSPS) is 12.0. The number of nitrogens with one attached hydrogen (secondary N) is 1. The molecule has 0 amide bonds. The van der Waals surface area contributed by atoms with Gasteiger partial charge in [0.1, 0.15) is 0 Å². The average molecular weight is 217 g/mol. The third-order valence-electron chi connectivity index (χ3n) is 1.61. The number of nitrogens with zero attached hydrogens (tertiary/aromatic N) is 1. The smallest absolute Gasteiger partial charge is 0.0530 e. The van der Waals surface area contributed by atoms with Gasteiger partial charge in [-0.25, -0.2) is 0 Å². The molecule has 0 aromatic carbocycles. The van der Waals surface area contributed by atoms with Crippen LogP contribution in [-0.4, -0.2) is 10.2 Å². The minimum Gasteiger partial charge on any atom is -0.282 e. The van der Waals surface area contributed by atoms with Crippen molar-refractivity contribution < 1.29 is 0 Å². The predicted octanol–water partition coefficient (Wildman–Crippen LogP) is 2.60. The zero-order chi connectivity index (χ0) is 8.48. The number of rotatable bonds is 1. The van der Waals surface area contributed by atoms with Gasteiger partial charge in [-0.3, -0.25) is 5.10 Å². The number of alkyl halides is 1. The molecule has 0 aliphatic rings. The third-order valence-corrected chi connectivity index (χ3v) is 2.22. The summed E-state index contributed by atoms with van der Waals surface area (Å²) in [7, 11) is 0. The second kappa shape index (κ2) is 2.97. The third kappa shape index (κ3) is 1.83. The number of aromatic amines is 1. The van der Waals surface area contributed by atoms with Crippen LogP contribution in [0.3, 0.4) is 0 Å². The van der Waals surface area contributed by atoms with Gasteiger partial charge in [0.15, 0.2) is 0 Å². The van der Waals surface area contributed by atoms with Crippen molar-refractivity contribution in [3.63, 3.8) is 0 Å². The Morgan fingerprint density at radius 2 is 2.18 bits per heavy atom. The van der Waals surface area contributed by atoms with Crippen molar-refractivity contribution in [2.75, 3.05) is 0 Å². The lowest BCUT2D eigenvalue weighted by Gasteiger charge is -2.17. The van der Waals surface area contributed by atoms with Crippen LogP contribution in [-0.2, 0) is 10.7 Å². The Kier molecular flexibility index (Phi) is 2.37. The summed E-state index contributed by atoms with van der Waals surface area (Å²) in [4.78, 5) is 0. The lowest BCUT2D eigenvalue weighted by Crippen LogP contribution is -2.13. The van der Waals surface area contributed by atoms with E-state index in [4.69, 9.17) is 0 Å². The molecule has 1 aromatic heterocycles. The van der Waals surface area contributed by atoms with Gasteiger partial charge in [0.05, 0.1) is 6.20 Å². The molecule has 1 heterocycles. The van der Waals surface area contributed by atoms with Crippen molar-refractivity contribution in [3.8, 4) is 0 Å². The summed E-state index contributed by atoms with van der Waals surface area (Å²) in [5, 5.41) is 7.89. The van der Waals surface area contributed by atoms with E-state index in [9.17, 15) is 0 Å². The highest BCUT2D eigenvalue weighted by molar-refractivity contribution is 9.08. The van der Waals surface area contributed by atoms with E-state index in [0.29, 0.717) is 0 Å². The first-order valence-electron chi connectivity index (χ1n) is 3.64. The Bertz CT molecular complexity index is 234. The number of aromatic nitrogens is 2. The first kappa shape index (κ1) is 8.78. The Morgan fingerprint density at radius 1 is 1.55 bits per heavy atom. The lowest BCUT2D eigenvalue weighted by atomic mass is 9.90. The van der Waals surface area contributed by atoms with Crippen molar-refractivity contribution in [2.45, 2.75) is 31.5 Å². The molecule has 1 N–H and O–H groups in total. The van der Waals surface area contributed by atoms with Crippen molar-refractivity contribution in [1.29, 1.82) is 0 Å². The molecule has 0 atom stereocenters. The van der Waals surface area contributed by atoms with Crippen LogP contribution in [0.2, 0.25) is 0 Å². The molecule has 62 valence electrons. The average Bonchev–Trinajstić information content (AvgIpc) is 2.31. The molecule has 0 unspecified atom stereocenters. The van der Waals surface area contributed by atoms with Crippen LogP contribution in [0.15, 0.2) is 6.20 Å². The van der Waals surface area contributed by atoms with E-state index in [1.165, 1.54) is 11.3 Å². The van der Waals surface area contributed by atoms with Gasteiger partial charge < -0.3 is 0 Å². The van der Waals surface area contributed by atoms with Gasteiger partial charge in [0, 0.05) is 22.0 Å². The number of halogens is 1. The zero-order valence-electron chi connectivity index (χ0n) is 7.11. The van der Waals surface area contributed by atoms with Crippen molar-refractivity contribution in [2.24, 2.45) is 0 Å². The lowest BCUT2D eigenvalue weighted by molar-refractivity contribution is 0.563. The molecule has 0 aliphatic carbocycles. The summed E-state index contributed by atoms with van der Waals surface area (Å²) in [6.45, 7) is 6.52. The van der Waals surface area contributed by atoms with Gasteiger partial charge in [0.2, 0.25) is 0 Å². The minimum absolute atomic E-state index is 0.166. The molecule has 2 nitrogen and oxygen atoms in total. The first-order valence-corrected chi connectivity index (χ1v) is 4.76. The highest BCUT2D eigenvalue weighted by Crippen LogP contribution is 2.24. The standard InChI is InChI=1S/C8H13BrN2/c1-8(2,3)7-6(4-9)5-10-11-7/h5H,4H2,1-3H3,(H,10,11). The summed E-state index contributed by atoms with van der Waals surface area (Å²) in [6.07, 6.45) is 1.87. The Labute approximate surface area is 75.5 Å². The van der Waals surface area contributed by atoms with E-state index >= 15 is 0 Å². The molecule has 0 bridgehead atoms. The second-order valence-electron chi connectivity index (χ2n) is 3.65. The summed E-state index contributed by atoms with van der Waals surface area (Å²) >= 11 is 3.42. The molecule has 0 radical (unpaired) electrons. The topological polar surface area (TPSA) is 28.7 Å². The van der Waals surface area contributed by atoms with Crippen molar-refractivity contribution in [1.82, 2.24) is 10.2 Å². The zero-order valence-corrected chi connectivity index (χ0v) is 8.70. The Hall–Kier alpha value is -0.310. The van der Waals surface area contributed by atoms with Crippen LogP contribution in [0.4, 0.5) is 0 Å². The monoisotopic (exact) mass is 216 g/mol. The van der Waals surface area contributed by atoms with Crippen LogP contribution >= 0.6 is 15.9 Å². The van der Waals surface area contributed by atoms with E-state index in [2.05, 4.69) is 46.9 Å². The fourth-order valence-electron chi connectivity index (χ4n) is 1.06. The quantitative estimate of drug-likeness (QED) is 0.719. The van der Waals surface area contributed by atoms with Gasteiger partial charge in [0.25, 0.3) is 0 Å². The number of hydrogen-bond acceptors (Lipinski definition) is 1. The van der Waals surface area contributed by atoms with Gasteiger partial charge in [-0.2, -0.15) is 5.10 Å². The molecule has 0 fully saturated rings.